The number of fused-ring (bicyclic) bond motifs is 1. The number of aryl methyl sites for hydroxylation is 2. The van der Waals surface area contributed by atoms with Gasteiger partial charge in [0.05, 0.1) is 11.5 Å². The average molecular weight is 334 g/mol. The van der Waals surface area contributed by atoms with Gasteiger partial charge in [-0.2, -0.15) is 0 Å². The van der Waals surface area contributed by atoms with Gasteiger partial charge < -0.3 is 9.47 Å². The van der Waals surface area contributed by atoms with E-state index in [1.807, 2.05) is 43.7 Å². The van der Waals surface area contributed by atoms with Gasteiger partial charge in [0.1, 0.15) is 5.69 Å². The third kappa shape index (κ3) is 2.87. The number of carbonyl (C=O) groups is 1. The number of hydrogen-bond acceptors (Lipinski definition) is 3. The average Bonchev–Trinajstić information content (AvgIpc) is 3.00. The smallest absolute Gasteiger partial charge is 0.270 e. The van der Waals surface area contributed by atoms with Gasteiger partial charge in [0.15, 0.2) is 9.84 Å². The highest BCUT2D eigenvalue weighted by Gasteiger charge is 2.35. The Kier molecular flexibility index (Phi) is 3.96. The molecule has 1 unspecified atom stereocenters. The SMILES string of the molecule is CCN(C(=O)c1cc2ccc(C)cc2n1C)C1CCS(=O)(=O)C1. The summed E-state index contributed by atoms with van der Waals surface area (Å²) in [5.41, 5.74) is 2.77. The van der Waals surface area contributed by atoms with Gasteiger partial charge in [0, 0.05) is 30.5 Å². The van der Waals surface area contributed by atoms with E-state index in [0.717, 1.165) is 16.5 Å². The Bertz CT molecular complexity index is 867. The highest BCUT2D eigenvalue weighted by atomic mass is 32.2. The minimum atomic E-state index is -3.01. The van der Waals surface area contributed by atoms with Gasteiger partial charge >= 0.3 is 0 Å². The number of sulfone groups is 1. The molecule has 1 aliphatic rings. The molecule has 1 aliphatic heterocycles. The van der Waals surface area contributed by atoms with Gasteiger partial charge in [-0.25, -0.2) is 8.42 Å². The molecule has 0 bridgehead atoms. The molecular weight excluding hydrogens is 312 g/mol. The quantitative estimate of drug-likeness (QED) is 0.864. The molecule has 2 heterocycles. The molecule has 1 fully saturated rings. The highest BCUT2D eigenvalue weighted by molar-refractivity contribution is 7.91. The monoisotopic (exact) mass is 334 g/mol. The van der Waals surface area contributed by atoms with Crippen molar-refractivity contribution in [3.05, 3.63) is 35.5 Å². The summed E-state index contributed by atoms with van der Waals surface area (Å²) in [6.07, 6.45) is 0.533. The molecule has 6 heteroatoms. The van der Waals surface area contributed by atoms with Crippen molar-refractivity contribution in [2.45, 2.75) is 26.3 Å². The van der Waals surface area contributed by atoms with Crippen LogP contribution >= 0.6 is 0 Å². The second kappa shape index (κ2) is 5.67. The molecule has 1 aromatic heterocycles. The van der Waals surface area contributed by atoms with Gasteiger partial charge in [-0.15, -0.1) is 0 Å². The predicted molar refractivity (Wildman–Crippen MR) is 91.4 cm³/mol. The van der Waals surface area contributed by atoms with Crippen LogP contribution < -0.4 is 0 Å². The summed E-state index contributed by atoms with van der Waals surface area (Å²) in [6, 6.07) is 7.78. The number of aromatic nitrogens is 1. The van der Waals surface area contributed by atoms with Crippen molar-refractivity contribution >= 4 is 26.6 Å². The first-order valence-corrected chi connectivity index (χ1v) is 9.72. The molecule has 124 valence electrons. The van der Waals surface area contributed by atoms with E-state index in [4.69, 9.17) is 0 Å². The minimum Gasteiger partial charge on any atom is -0.340 e. The van der Waals surface area contributed by atoms with Crippen LogP contribution in [0.15, 0.2) is 24.3 Å². The Hall–Kier alpha value is -1.82. The summed E-state index contributed by atoms with van der Waals surface area (Å²) >= 11 is 0. The first kappa shape index (κ1) is 16.1. The van der Waals surface area contributed by atoms with Crippen molar-refractivity contribution in [3.8, 4) is 0 Å². The molecule has 0 aliphatic carbocycles. The van der Waals surface area contributed by atoms with E-state index >= 15 is 0 Å². The van der Waals surface area contributed by atoms with E-state index in [2.05, 4.69) is 6.07 Å². The topological polar surface area (TPSA) is 59.4 Å². The number of amides is 1. The number of carbonyl (C=O) groups excluding carboxylic acids is 1. The van der Waals surface area contributed by atoms with E-state index in [-0.39, 0.29) is 23.5 Å². The molecule has 0 spiro atoms. The molecule has 0 saturated carbocycles. The first-order valence-electron chi connectivity index (χ1n) is 7.90. The second-order valence-electron chi connectivity index (χ2n) is 6.30. The lowest BCUT2D eigenvalue weighted by atomic mass is 10.2. The van der Waals surface area contributed by atoms with Crippen LogP contribution in [0.3, 0.4) is 0 Å². The van der Waals surface area contributed by atoms with Crippen molar-refractivity contribution in [1.82, 2.24) is 9.47 Å². The van der Waals surface area contributed by atoms with Crippen LogP contribution in [0.1, 0.15) is 29.4 Å². The molecular formula is C17H22N2O3S. The standard InChI is InChI=1S/C17H22N2O3S/c1-4-19(14-7-8-23(21,22)11-14)17(20)16-10-13-6-5-12(2)9-15(13)18(16)3/h5-6,9-10,14H,4,7-8,11H2,1-3H3. The third-order valence-corrected chi connectivity index (χ3v) is 6.42. The third-order valence-electron chi connectivity index (χ3n) is 4.67. The lowest BCUT2D eigenvalue weighted by Crippen LogP contribution is -2.41. The maximum absolute atomic E-state index is 13.0. The number of hydrogen-bond donors (Lipinski definition) is 0. The molecule has 3 rings (SSSR count). The van der Waals surface area contributed by atoms with Crippen LogP contribution in [0.25, 0.3) is 10.9 Å². The van der Waals surface area contributed by atoms with E-state index in [0.29, 0.717) is 18.7 Å². The number of benzene rings is 1. The van der Waals surface area contributed by atoms with Crippen molar-refractivity contribution in [1.29, 1.82) is 0 Å². The van der Waals surface area contributed by atoms with Crippen molar-refractivity contribution in [2.24, 2.45) is 7.05 Å². The Labute approximate surface area is 136 Å². The van der Waals surface area contributed by atoms with E-state index in [9.17, 15) is 13.2 Å². The van der Waals surface area contributed by atoms with Crippen molar-refractivity contribution in [2.75, 3.05) is 18.1 Å². The van der Waals surface area contributed by atoms with E-state index in [1.54, 1.807) is 4.90 Å². The fourth-order valence-corrected chi connectivity index (χ4v) is 5.11. The van der Waals surface area contributed by atoms with Gasteiger partial charge in [-0.1, -0.05) is 12.1 Å². The number of rotatable bonds is 3. The van der Waals surface area contributed by atoms with Crippen LogP contribution in [0.4, 0.5) is 0 Å². The summed E-state index contributed by atoms with van der Waals surface area (Å²) in [6.45, 7) is 4.44. The van der Waals surface area contributed by atoms with Crippen molar-refractivity contribution in [3.63, 3.8) is 0 Å². The Morgan fingerprint density at radius 1 is 1.35 bits per heavy atom. The molecule has 0 radical (unpaired) electrons. The van der Waals surface area contributed by atoms with Crippen molar-refractivity contribution < 1.29 is 13.2 Å². The van der Waals surface area contributed by atoms with Gasteiger partial charge in [0.25, 0.3) is 5.91 Å². The maximum atomic E-state index is 13.0. The second-order valence-corrected chi connectivity index (χ2v) is 8.53. The van der Waals surface area contributed by atoms with Gasteiger partial charge in [0.2, 0.25) is 0 Å². The highest BCUT2D eigenvalue weighted by Crippen LogP contribution is 2.24. The zero-order chi connectivity index (χ0) is 16.8. The fourth-order valence-electron chi connectivity index (χ4n) is 3.38. The molecule has 23 heavy (non-hydrogen) atoms. The van der Waals surface area contributed by atoms with Crippen LogP contribution in [0.2, 0.25) is 0 Å². The largest absolute Gasteiger partial charge is 0.340 e. The van der Waals surface area contributed by atoms with Gasteiger partial charge in [-0.3, -0.25) is 4.79 Å². The van der Waals surface area contributed by atoms with Crippen LogP contribution in [-0.4, -0.2) is 47.9 Å². The van der Waals surface area contributed by atoms with Gasteiger partial charge in [-0.05, 0) is 38.0 Å². The minimum absolute atomic E-state index is 0.0790. The van der Waals surface area contributed by atoms with E-state index < -0.39 is 9.84 Å². The fraction of sp³-hybridized carbons (Fsp3) is 0.471. The molecule has 2 aromatic rings. The molecule has 1 aromatic carbocycles. The summed E-state index contributed by atoms with van der Waals surface area (Å²) in [4.78, 5) is 14.7. The molecule has 1 atom stereocenters. The summed E-state index contributed by atoms with van der Waals surface area (Å²) < 4.78 is 25.3. The summed E-state index contributed by atoms with van der Waals surface area (Å²) in [5.74, 6) is 0.164. The Balaban J connectivity index is 1.97. The predicted octanol–water partition coefficient (Wildman–Crippen LogP) is 2.14. The molecule has 1 amide bonds. The van der Waals surface area contributed by atoms with Crippen LogP contribution in [-0.2, 0) is 16.9 Å². The van der Waals surface area contributed by atoms with E-state index in [1.165, 1.54) is 0 Å². The summed E-state index contributed by atoms with van der Waals surface area (Å²) in [7, 11) is -1.12. The molecule has 5 nitrogen and oxygen atoms in total. The lowest BCUT2D eigenvalue weighted by molar-refractivity contribution is 0.0699. The molecule has 1 saturated heterocycles. The zero-order valence-electron chi connectivity index (χ0n) is 13.7. The lowest BCUT2D eigenvalue weighted by Gasteiger charge is -2.27. The summed E-state index contributed by atoms with van der Waals surface area (Å²) in [5, 5.41) is 1.02. The maximum Gasteiger partial charge on any atom is 0.270 e. The Morgan fingerprint density at radius 2 is 2.09 bits per heavy atom. The number of nitrogens with zero attached hydrogens (tertiary/aromatic N) is 2. The first-order chi connectivity index (χ1) is 10.8. The van der Waals surface area contributed by atoms with Crippen LogP contribution in [0, 0.1) is 6.92 Å². The Morgan fingerprint density at radius 3 is 2.70 bits per heavy atom. The zero-order valence-corrected chi connectivity index (χ0v) is 14.6. The normalized spacial score (nSPS) is 20.0. The van der Waals surface area contributed by atoms with Crippen LogP contribution in [0.5, 0.6) is 0 Å². The molecule has 0 N–H and O–H groups in total.